The number of terminal acetylenes is 2. The molecule has 2 fully saturated rings. The van der Waals surface area contributed by atoms with Crippen LogP contribution in [0.1, 0.15) is 38.5 Å². The third-order valence-electron chi connectivity index (χ3n) is 5.64. The van der Waals surface area contributed by atoms with Crippen LogP contribution in [0.25, 0.3) is 0 Å². The van der Waals surface area contributed by atoms with Gasteiger partial charge in [-0.3, -0.25) is 28.8 Å². The Kier molecular flexibility index (Phi) is 11.6. The van der Waals surface area contributed by atoms with Crippen molar-refractivity contribution in [1.29, 1.82) is 0 Å². The van der Waals surface area contributed by atoms with Gasteiger partial charge in [-0.2, -0.15) is 0 Å². The van der Waals surface area contributed by atoms with E-state index >= 15 is 0 Å². The molecule has 16 nitrogen and oxygen atoms in total. The molecule has 2 saturated heterocycles. The van der Waals surface area contributed by atoms with Crippen LogP contribution in [0.4, 0.5) is 0 Å². The summed E-state index contributed by atoms with van der Waals surface area (Å²) in [5.41, 5.74) is 0. The van der Waals surface area contributed by atoms with Crippen molar-refractivity contribution in [3.8, 4) is 24.7 Å². The Bertz CT molecular complexity index is 1110. The zero-order valence-electron chi connectivity index (χ0n) is 21.3. The van der Waals surface area contributed by atoms with Crippen LogP contribution in [0.15, 0.2) is 0 Å². The largest absolute Gasteiger partial charge is 0.370 e. The number of rotatable bonds is 13. The van der Waals surface area contributed by atoms with Gasteiger partial charge in [0.2, 0.25) is 5.91 Å². The molecule has 16 heteroatoms. The number of aliphatic hydroxyl groups is 1. The van der Waals surface area contributed by atoms with Gasteiger partial charge in [-0.05, 0) is 11.8 Å². The summed E-state index contributed by atoms with van der Waals surface area (Å²) >= 11 is 0. The lowest BCUT2D eigenvalue weighted by molar-refractivity contribution is -0.220. The van der Waals surface area contributed by atoms with Gasteiger partial charge in [0.05, 0.1) is 18.8 Å². The van der Waals surface area contributed by atoms with E-state index in [2.05, 4.69) is 10.6 Å². The van der Waals surface area contributed by atoms with Crippen LogP contribution in [-0.2, 0) is 48.0 Å². The predicted molar refractivity (Wildman–Crippen MR) is 128 cm³/mol. The minimum absolute atomic E-state index is 0.0301. The Morgan fingerprint density at radius 1 is 0.875 bits per heavy atom. The van der Waals surface area contributed by atoms with E-state index in [9.17, 15) is 43.5 Å². The van der Waals surface area contributed by atoms with Gasteiger partial charge in [-0.1, -0.05) is 0 Å². The van der Waals surface area contributed by atoms with Crippen molar-refractivity contribution in [1.82, 2.24) is 25.7 Å². The quantitative estimate of drug-likeness (QED) is 0.150. The molecule has 3 N–H and O–H groups in total. The van der Waals surface area contributed by atoms with E-state index in [1.807, 2.05) is 0 Å². The first kappa shape index (κ1) is 31.3. The van der Waals surface area contributed by atoms with Crippen molar-refractivity contribution < 1.29 is 53.1 Å². The highest BCUT2D eigenvalue weighted by atomic mass is 16.7. The first-order valence-corrected chi connectivity index (χ1v) is 12.0. The molecule has 0 aliphatic carbocycles. The third-order valence-corrected chi connectivity index (χ3v) is 5.64. The van der Waals surface area contributed by atoms with E-state index in [1.165, 1.54) is 0 Å². The van der Waals surface area contributed by atoms with Crippen molar-refractivity contribution in [3.63, 3.8) is 0 Å². The van der Waals surface area contributed by atoms with Crippen molar-refractivity contribution in [2.75, 3.05) is 26.2 Å². The maximum absolute atomic E-state index is 13.4. The minimum atomic E-state index is -1.32. The van der Waals surface area contributed by atoms with E-state index in [0.29, 0.717) is 10.1 Å². The number of aliphatic hydroxyl groups excluding tert-OH is 1. The Balaban J connectivity index is 2.12. The molecule has 0 saturated carbocycles. The fourth-order valence-electron chi connectivity index (χ4n) is 3.54. The molecular weight excluding hydrogens is 534 g/mol. The van der Waals surface area contributed by atoms with Crippen LogP contribution in [0.5, 0.6) is 0 Å². The summed E-state index contributed by atoms with van der Waals surface area (Å²) in [4.78, 5) is 107. The summed E-state index contributed by atoms with van der Waals surface area (Å²) < 4.78 is 0. The van der Waals surface area contributed by atoms with Gasteiger partial charge in [-0.25, -0.2) is 9.59 Å². The van der Waals surface area contributed by atoms with Crippen LogP contribution >= 0.6 is 0 Å². The number of carbonyl (C=O) groups excluding carboxylic acids is 8. The summed E-state index contributed by atoms with van der Waals surface area (Å²) in [7, 11) is 0. The standard InChI is InChI=1S/C24H27N5O11/c1-3-16(30)25-13-15(14-26-17(31)4-2)24(38)27(11-9-22(36)39-28-18(32)5-6-19(28)33)12-10-23(37)40-29-20(34)7-8-21(29)35/h1-2,15,18,32H,5-14H2,(H,25,30)(H,26,31). The molecule has 0 spiro atoms. The number of amides is 6. The maximum atomic E-state index is 13.4. The van der Waals surface area contributed by atoms with Gasteiger partial charge >= 0.3 is 11.9 Å². The number of nitrogens with zero attached hydrogens (tertiary/aromatic N) is 3. The van der Waals surface area contributed by atoms with Gasteiger partial charge in [0, 0.05) is 51.9 Å². The highest BCUT2D eigenvalue weighted by molar-refractivity contribution is 6.01. The SMILES string of the molecule is C#CC(=O)NCC(CNC(=O)C#C)C(=O)N(CCC(=O)ON1C(=O)CCC1=O)CCC(=O)ON1C(=O)CCC1O. The second-order valence-electron chi connectivity index (χ2n) is 8.48. The normalized spacial score (nSPS) is 16.3. The van der Waals surface area contributed by atoms with Gasteiger partial charge in [0.15, 0.2) is 6.23 Å². The highest BCUT2D eigenvalue weighted by Gasteiger charge is 2.35. The van der Waals surface area contributed by atoms with Crippen molar-refractivity contribution in [2.45, 2.75) is 44.8 Å². The summed E-state index contributed by atoms with van der Waals surface area (Å²) in [6, 6.07) is 0. The van der Waals surface area contributed by atoms with Crippen molar-refractivity contribution in [2.24, 2.45) is 5.92 Å². The van der Waals surface area contributed by atoms with Crippen LogP contribution in [0.3, 0.4) is 0 Å². The van der Waals surface area contributed by atoms with Crippen LogP contribution < -0.4 is 10.6 Å². The first-order valence-electron chi connectivity index (χ1n) is 12.0. The van der Waals surface area contributed by atoms with Crippen molar-refractivity contribution in [3.05, 3.63) is 0 Å². The summed E-state index contributed by atoms with van der Waals surface area (Å²) in [5.74, 6) is -4.08. The number of hydroxylamine groups is 4. The molecule has 0 bridgehead atoms. The Morgan fingerprint density at radius 2 is 1.38 bits per heavy atom. The van der Waals surface area contributed by atoms with Crippen LogP contribution in [-0.4, -0.2) is 99.9 Å². The second-order valence-corrected chi connectivity index (χ2v) is 8.48. The van der Waals surface area contributed by atoms with Gasteiger partial charge in [0.25, 0.3) is 29.5 Å². The Labute approximate surface area is 228 Å². The number of nitrogens with one attached hydrogen (secondary N) is 2. The van der Waals surface area contributed by atoms with E-state index in [-0.39, 0.29) is 45.3 Å². The van der Waals surface area contributed by atoms with E-state index in [1.54, 1.807) is 11.8 Å². The van der Waals surface area contributed by atoms with Crippen LogP contribution in [0.2, 0.25) is 0 Å². The zero-order valence-corrected chi connectivity index (χ0v) is 21.3. The molecule has 0 aromatic heterocycles. The molecule has 6 amide bonds. The van der Waals surface area contributed by atoms with E-state index < -0.39 is 78.9 Å². The maximum Gasteiger partial charge on any atom is 0.334 e. The fraction of sp³-hybridized carbons (Fsp3) is 0.500. The predicted octanol–water partition coefficient (Wildman–Crippen LogP) is -3.28. The molecule has 2 aliphatic rings. The first-order chi connectivity index (χ1) is 19.0. The molecule has 0 aromatic rings. The van der Waals surface area contributed by atoms with Crippen LogP contribution in [0, 0.1) is 30.6 Å². The second kappa shape index (κ2) is 14.8. The topological polar surface area (TPSA) is 209 Å². The highest BCUT2D eigenvalue weighted by Crippen LogP contribution is 2.17. The molecule has 40 heavy (non-hydrogen) atoms. The monoisotopic (exact) mass is 561 g/mol. The lowest BCUT2D eigenvalue weighted by atomic mass is 10.1. The molecule has 1 atom stereocenters. The average molecular weight is 562 g/mol. The number of imide groups is 1. The number of carbonyl (C=O) groups is 8. The number of hydrogen-bond donors (Lipinski definition) is 3. The molecule has 1 unspecified atom stereocenters. The molecule has 2 aliphatic heterocycles. The van der Waals surface area contributed by atoms with E-state index in [4.69, 9.17) is 22.5 Å². The molecule has 2 rings (SSSR count). The summed E-state index contributed by atoms with van der Waals surface area (Å²) in [6.45, 7) is -1.49. The van der Waals surface area contributed by atoms with Gasteiger partial charge in [0.1, 0.15) is 0 Å². The fourth-order valence-corrected chi connectivity index (χ4v) is 3.54. The minimum Gasteiger partial charge on any atom is -0.370 e. The smallest absolute Gasteiger partial charge is 0.334 e. The third kappa shape index (κ3) is 9.10. The lowest BCUT2D eigenvalue weighted by Crippen LogP contribution is -2.47. The summed E-state index contributed by atoms with van der Waals surface area (Å²) in [6.07, 6.45) is 7.48. The molecule has 2 heterocycles. The average Bonchev–Trinajstić information content (AvgIpc) is 3.42. The van der Waals surface area contributed by atoms with Gasteiger partial charge in [-0.15, -0.1) is 23.0 Å². The van der Waals surface area contributed by atoms with Gasteiger partial charge < -0.3 is 30.3 Å². The zero-order chi connectivity index (χ0) is 29.8. The Hall–Kier alpha value is -4.96. The molecule has 0 radical (unpaired) electrons. The van der Waals surface area contributed by atoms with E-state index in [0.717, 1.165) is 4.90 Å². The van der Waals surface area contributed by atoms with Crippen molar-refractivity contribution >= 4 is 47.4 Å². The molecule has 0 aromatic carbocycles. The summed E-state index contributed by atoms with van der Waals surface area (Å²) in [5, 5.41) is 15.2. The molecule has 214 valence electrons. The Morgan fingerprint density at radius 3 is 1.82 bits per heavy atom. The lowest BCUT2D eigenvalue weighted by Gasteiger charge is -2.27. The number of hydrogen-bond acceptors (Lipinski definition) is 11. The molecular formula is C24H27N5O11.